The van der Waals surface area contributed by atoms with Crippen molar-refractivity contribution in [3.05, 3.63) is 29.8 Å². The van der Waals surface area contributed by atoms with Crippen LogP contribution in [0.5, 0.6) is 0 Å². The first kappa shape index (κ1) is 27.4. The average Bonchev–Trinajstić information content (AvgIpc) is 3.43. The van der Waals surface area contributed by atoms with Gasteiger partial charge in [0, 0.05) is 6.42 Å². The van der Waals surface area contributed by atoms with E-state index in [4.69, 9.17) is 9.31 Å². The highest BCUT2D eigenvalue weighted by molar-refractivity contribution is 6.62. The summed E-state index contributed by atoms with van der Waals surface area (Å²) >= 11 is 0. The molecule has 3 rings (SSSR count). The average molecular weight is 497 g/mol. The summed E-state index contributed by atoms with van der Waals surface area (Å²) in [6.45, 7) is 9.88. The van der Waals surface area contributed by atoms with E-state index in [1.54, 1.807) is 0 Å². The molecule has 1 saturated heterocycles. The van der Waals surface area contributed by atoms with Crippen molar-refractivity contribution in [3.8, 4) is 6.07 Å². The SMILES string of the molecule is CC(C)(F)C[C@H](NC(c1ccc(B2OC(C)(C)C(C)(C)O2)cc1)C(F)(F)F)C(=O)NC1(C#N)CC1. The molecule has 1 heterocycles. The lowest BCUT2D eigenvalue weighted by atomic mass is 9.78. The van der Waals surface area contributed by atoms with Crippen LogP contribution in [0.25, 0.3) is 0 Å². The second-order valence-corrected chi connectivity index (χ2v) is 11.1. The number of amides is 1. The number of carbonyl (C=O) groups is 1. The zero-order chi connectivity index (χ0) is 26.4. The van der Waals surface area contributed by atoms with E-state index in [2.05, 4.69) is 10.6 Å². The number of nitriles is 1. The Kier molecular flexibility index (Phi) is 7.10. The number of nitrogens with zero attached hydrogens (tertiary/aromatic N) is 1. The molecule has 11 heteroatoms. The summed E-state index contributed by atoms with van der Waals surface area (Å²) < 4.78 is 68.6. The summed E-state index contributed by atoms with van der Waals surface area (Å²) in [5.41, 5.74) is -3.81. The minimum absolute atomic E-state index is 0.145. The zero-order valence-electron chi connectivity index (χ0n) is 20.8. The molecule has 0 spiro atoms. The molecule has 6 nitrogen and oxygen atoms in total. The van der Waals surface area contributed by atoms with Gasteiger partial charge in [0.1, 0.15) is 17.2 Å². The summed E-state index contributed by atoms with van der Waals surface area (Å²) in [6, 6.07) is 3.78. The molecule has 1 unspecified atom stereocenters. The number of carbonyl (C=O) groups excluding carboxylic acids is 1. The van der Waals surface area contributed by atoms with Crippen LogP contribution in [0.4, 0.5) is 17.6 Å². The molecule has 0 radical (unpaired) electrons. The van der Waals surface area contributed by atoms with Crippen molar-refractivity contribution in [1.82, 2.24) is 10.6 Å². The highest BCUT2D eigenvalue weighted by Crippen LogP contribution is 2.38. The molecule has 2 atom stereocenters. The summed E-state index contributed by atoms with van der Waals surface area (Å²) in [7, 11) is -0.738. The smallest absolute Gasteiger partial charge is 0.399 e. The summed E-state index contributed by atoms with van der Waals surface area (Å²) in [4.78, 5) is 12.8. The molecular formula is C24H32BF4N3O3. The van der Waals surface area contributed by atoms with Crippen LogP contribution in [0.15, 0.2) is 24.3 Å². The maximum absolute atomic E-state index is 14.4. The maximum Gasteiger partial charge on any atom is 0.494 e. The van der Waals surface area contributed by atoms with Gasteiger partial charge in [-0.25, -0.2) is 4.39 Å². The lowest BCUT2D eigenvalue weighted by Gasteiger charge is -2.32. The van der Waals surface area contributed by atoms with Gasteiger partial charge in [-0.05, 0) is 65.4 Å². The predicted octanol–water partition coefficient (Wildman–Crippen LogP) is 3.86. The van der Waals surface area contributed by atoms with Crippen molar-refractivity contribution in [3.63, 3.8) is 0 Å². The summed E-state index contributed by atoms with van der Waals surface area (Å²) in [6.07, 6.45) is -4.45. The Morgan fingerprint density at radius 3 is 2.00 bits per heavy atom. The van der Waals surface area contributed by atoms with Crippen molar-refractivity contribution in [2.45, 2.75) is 101 Å². The number of rotatable bonds is 8. The van der Waals surface area contributed by atoms with Gasteiger partial charge in [-0.3, -0.25) is 10.1 Å². The van der Waals surface area contributed by atoms with E-state index in [9.17, 15) is 27.6 Å². The quantitative estimate of drug-likeness (QED) is 0.421. The molecule has 192 valence electrons. The lowest BCUT2D eigenvalue weighted by Crippen LogP contribution is -2.53. The molecule has 1 aliphatic carbocycles. The van der Waals surface area contributed by atoms with E-state index < -0.39 is 60.1 Å². The second kappa shape index (κ2) is 9.05. The molecule has 2 fully saturated rings. The van der Waals surface area contributed by atoms with E-state index in [0.29, 0.717) is 18.3 Å². The van der Waals surface area contributed by atoms with Gasteiger partial charge in [0.25, 0.3) is 0 Å². The molecule has 1 saturated carbocycles. The van der Waals surface area contributed by atoms with Gasteiger partial charge < -0.3 is 14.6 Å². The minimum Gasteiger partial charge on any atom is -0.399 e. The van der Waals surface area contributed by atoms with Crippen LogP contribution in [-0.2, 0) is 14.1 Å². The van der Waals surface area contributed by atoms with E-state index in [-0.39, 0.29) is 5.56 Å². The van der Waals surface area contributed by atoms with E-state index >= 15 is 0 Å². The van der Waals surface area contributed by atoms with Crippen LogP contribution in [-0.4, -0.2) is 47.7 Å². The predicted molar refractivity (Wildman–Crippen MR) is 123 cm³/mol. The third-order valence-corrected chi connectivity index (χ3v) is 6.82. The zero-order valence-corrected chi connectivity index (χ0v) is 20.8. The lowest BCUT2D eigenvalue weighted by molar-refractivity contribution is -0.161. The first-order valence-electron chi connectivity index (χ1n) is 11.6. The fraction of sp³-hybridized carbons (Fsp3) is 0.667. The Hall–Kier alpha value is -2.16. The Morgan fingerprint density at radius 1 is 1.09 bits per heavy atom. The van der Waals surface area contributed by atoms with Crippen LogP contribution < -0.4 is 16.1 Å². The summed E-state index contributed by atoms with van der Waals surface area (Å²) in [5, 5.41) is 14.0. The number of alkyl halides is 4. The number of halogens is 4. The van der Waals surface area contributed by atoms with E-state index in [0.717, 1.165) is 0 Å². The van der Waals surface area contributed by atoms with Crippen molar-refractivity contribution in [2.75, 3.05) is 0 Å². The van der Waals surface area contributed by atoms with Gasteiger partial charge >= 0.3 is 13.3 Å². The van der Waals surface area contributed by atoms with Gasteiger partial charge in [0.2, 0.25) is 5.91 Å². The number of hydrogen-bond acceptors (Lipinski definition) is 5. The van der Waals surface area contributed by atoms with E-state index in [1.165, 1.54) is 38.1 Å². The van der Waals surface area contributed by atoms with Crippen molar-refractivity contribution >= 4 is 18.5 Å². The van der Waals surface area contributed by atoms with Crippen LogP contribution in [0.1, 0.15) is 72.4 Å². The first-order chi connectivity index (χ1) is 15.9. The topological polar surface area (TPSA) is 83.4 Å². The molecule has 2 N–H and O–H groups in total. The standard InChI is InChI=1S/C24H32BF4N3O3/c1-20(2,26)13-17(19(33)32-23(14-30)11-12-23)31-18(24(27,28)29)15-7-9-16(10-8-15)25-34-21(3,4)22(5,6)35-25/h7-10,17-18,31H,11-13H2,1-6H3,(H,32,33)/t17-,18?/m0/s1. The number of benzene rings is 1. The van der Waals surface area contributed by atoms with Crippen LogP contribution in [0.2, 0.25) is 0 Å². The molecule has 0 aromatic heterocycles. The Labute approximate surface area is 203 Å². The van der Waals surface area contributed by atoms with Gasteiger partial charge in [-0.1, -0.05) is 24.3 Å². The molecular weight excluding hydrogens is 465 g/mol. The first-order valence-corrected chi connectivity index (χ1v) is 11.6. The van der Waals surface area contributed by atoms with E-state index in [1.807, 2.05) is 33.8 Å². The highest BCUT2D eigenvalue weighted by Gasteiger charge is 2.52. The monoisotopic (exact) mass is 497 g/mol. The molecule has 2 aliphatic rings. The third kappa shape index (κ3) is 6.35. The third-order valence-electron chi connectivity index (χ3n) is 6.82. The fourth-order valence-corrected chi connectivity index (χ4v) is 3.83. The number of hydrogen-bond donors (Lipinski definition) is 2. The Morgan fingerprint density at radius 2 is 1.60 bits per heavy atom. The van der Waals surface area contributed by atoms with Gasteiger partial charge in [0.15, 0.2) is 0 Å². The molecule has 1 aliphatic heterocycles. The molecule has 0 bridgehead atoms. The van der Waals surface area contributed by atoms with Crippen LogP contribution >= 0.6 is 0 Å². The number of nitrogens with one attached hydrogen (secondary N) is 2. The highest BCUT2D eigenvalue weighted by atomic mass is 19.4. The Balaban J connectivity index is 1.83. The minimum atomic E-state index is -4.77. The molecule has 1 aromatic rings. The van der Waals surface area contributed by atoms with Crippen LogP contribution in [0.3, 0.4) is 0 Å². The van der Waals surface area contributed by atoms with Gasteiger partial charge in [-0.2, -0.15) is 18.4 Å². The fourth-order valence-electron chi connectivity index (χ4n) is 3.83. The molecule has 35 heavy (non-hydrogen) atoms. The van der Waals surface area contributed by atoms with Crippen LogP contribution in [0, 0.1) is 11.3 Å². The normalized spacial score (nSPS) is 22.3. The maximum atomic E-state index is 14.4. The van der Waals surface area contributed by atoms with Crippen molar-refractivity contribution < 1.29 is 31.7 Å². The van der Waals surface area contributed by atoms with Crippen molar-refractivity contribution in [1.29, 1.82) is 5.26 Å². The van der Waals surface area contributed by atoms with Gasteiger partial charge in [0.05, 0.1) is 23.3 Å². The second-order valence-electron chi connectivity index (χ2n) is 11.1. The largest absolute Gasteiger partial charge is 0.494 e. The van der Waals surface area contributed by atoms with Gasteiger partial charge in [-0.15, -0.1) is 0 Å². The molecule has 1 amide bonds. The Bertz CT molecular complexity index is 964. The van der Waals surface area contributed by atoms with Crippen molar-refractivity contribution in [2.24, 2.45) is 0 Å². The molecule has 1 aromatic carbocycles. The summed E-state index contributed by atoms with van der Waals surface area (Å²) in [5.74, 6) is -0.835.